The molecule has 1 aromatic rings. The molecule has 0 N–H and O–H groups in total. The van der Waals surface area contributed by atoms with Crippen LogP contribution in [0.5, 0.6) is 0 Å². The van der Waals surface area contributed by atoms with Crippen molar-refractivity contribution >= 4 is 22.8 Å². The summed E-state index contributed by atoms with van der Waals surface area (Å²) in [5.41, 5.74) is 0.634. The van der Waals surface area contributed by atoms with Crippen molar-refractivity contribution in [3.05, 3.63) is 38.9 Å². The van der Waals surface area contributed by atoms with E-state index in [1.807, 2.05) is 0 Å². The SMILES string of the molecule is Cc1c(Cl)cccc1[S+]([O-])C[N+](=O)[O-]. The van der Waals surface area contributed by atoms with Crippen LogP contribution in [0.3, 0.4) is 0 Å². The smallest absolute Gasteiger partial charge is 0.353 e. The van der Waals surface area contributed by atoms with Gasteiger partial charge in [0.15, 0.2) is 4.90 Å². The summed E-state index contributed by atoms with van der Waals surface area (Å²) in [7, 11) is 0. The van der Waals surface area contributed by atoms with E-state index in [1.54, 1.807) is 25.1 Å². The Labute approximate surface area is 89.2 Å². The van der Waals surface area contributed by atoms with Crippen LogP contribution < -0.4 is 0 Å². The maximum atomic E-state index is 11.4. The van der Waals surface area contributed by atoms with Gasteiger partial charge < -0.3 is 4.55 Å². The summed E-state index contributed by atoms with van der Waals surface area (Å²) in [5.74, 6) is -0.582. The van der Waals surface area contributed by atoms with Crippen molar-refractivity contribution in [2.75, 3.05) is 5.88 Å². The van der Waals surface area contributed by atoms with Gasteiger partial charge in [0, 0.05) is 10.6 Å². The molecule has 6 heteroatoms. The average molecular weight is 234 g/mol. The molecule has 0 fully saturated rings. The predicted molar refractivity (Wildman–Crippen MR) is 54.5 cm³/mol. The summed E-state index contributed by atoms with van der Waals surface area (Å²) in [6.07, 6.45) is 0. The molecule has 0 saturated carbocycles. The maximum Gasteiger partial charge on any atom is 0.353 e. The molecular weight excluding hydrogens is 226 g/mol. The molecule has 76 valence electrons. The quantitative estimate of drug-likeness (QED) is 0.456. The number of hydrogen-bond donors (Lipinski definition) is 0. The second-order valence-corrected chi connectivity index (χ2v) is 4.47. The molecule has 4 nitrogen and oxygen atoms in total. The molecule has 0 radical (unpaired) electrons. The van der Waals surface area contributed by atoms with Crippen molar-refractivity contribution in [2.24, 2.45) is 0 Å². The van der Waals surface area contributed by atoms with E-state index >= 15 is 0 Å². The third kappa shape index (κ3) is 2.60. The number of nitrogens with zero attached hydrogens (tertiary/aromatic N) is 1. The van der Waals surface area contributed by atoms with Crippen molar-refractivity contribution in [1.29, 1.82) is 0 Å². The van der Waals surface area contributed by atoms with Crippen molar-refractivity contribution < 1.29 is 9.48 Å². The first kappa shape index (κ1) is 11.3. The first-order valence-electron chi connectivity index (χ1n) is 3.77. The van der Waals surface area contributed by atoms with E-state index in [9.17, 15) is 14.7 Å². The number of nitro groups is 1. The first-order chi connectivity index (χ1) is 6.52. The fourth-order valence-electron chi connectivity index (χ4n) is 1.000. The average Bonchev–Trinajstić information content (AvgIpc) is 2.08. The molecule has 0 heterocycles. The summed E-state index contributed by atoms with van der Waals surface area (Å²) < 4.78 is 11.4. The zero-order valence-corrected chi connectivity index (χ0v) is 8.97. The van der Waals surface area contributed by atoms with Gasteiger partial charge in [0.05, 0.1) is 16.1 Å². The molecule has 0 spiro atoms. The molecule has 1 rings (SSSR count). The fourth-order valence-corrected chi connectivity index (χ4v) is 2.24. The lowest BCUT2D eigenvalue weighted by atomic mass is 10.2. The lowest BCUT2D eigenvalue weighted by Gasteiger charge is -2.08. The molecule has 0 aliphatic carbocycles. The van der Waals surface area contributed by atoms with Crippen LogP contribution >= 0.6 is 11.6 Å². The van der Waals surface area contributed by atoms with Crippen LogP contribution in [0.1, 0.15) is 5.56 Å². The molecule has 1 atom stereocenters. The Hall–Kier alpha value is -0.780. The summed E-state index contributed by atoms with van der Waals surface area (Å²) in [5, 5.41) is 10.6. The Bertz CT molecular complexity index is 358. The Kier molecular flexibility index (Phi) is 3.74. The van der Waals surface area contributed by atoms with Gasteiger partial charge in [-0.1, -0.05) is 17.7 Å². The molecule has 0 aliphatic heterocycles. The zero-order valence-electron chi connectivity index (χ0n) is 7.40. The molecule has 0 aromatic heterocycles. The van der Waals surface area contributed by atoms with Crippen molar-refractivity contribution in [3.8, 4) is 0 Å². The first-order valence-corrected chi connectivity index (χ1v) is 5.47. The minimum Gasteiger partial charge on any atom is -0.606 e. The van der Waals surface area contributed by atoms with E-state index in [0.29, 0.717) is 15.5 Å². The fraction of sp³-hybridized carbons (Fsp3) is 0.250. The summed E-state index contributed by atoms with van der Waals surface area (Å²) in [4.78, 5) is 9.98. The molecule has 1 unspecified atom stereocenters. The van der Waals surface area contributed by atoms with Gasteiger partial charge in [-0.05, 0) is 19.1 Å². The van der Waals surface area contributed by atoms with E-state index < -0.39 is 22.0 Å². The number of rotatable bonds is 3. The third-order valence-corrected chi connectivity index (χ3v) is 3.47. The molecule has 0 saturated heterocycles. The van der Waals surface area contributed by atoms with E-state index in [2.05, 4.69) is 0 Å². The highest BCUT2D eigenvalue weighted by molar-refractivity contribution is 7.91. The van der Waals surface area contributed by atoms with E-state index in [4.69, 9.17) is 11.6 Å². The standard InChI is InChI=1S/C8H8ClNO3S/c1-6-7(9)3-2-4-8(6)14(13)5-10(11)12/h2-4H,5H2,1H3. The van der Waals surface area contributed by atoms with E-state index in [0.717, 1.165) is 0 Å². The number of halogens is 1. The summed E-state index contributed by atoms with van der Waals surface area (Å²) in [6, 6.07) is 4.87. The molecule has 0 aliphatic rings. The molecular formula is C8H8ClNO3S. The summed E-state index contributed by atoms with van der Waals surface area (Å²) in [6.45, 7) is 1.69. The van der Waals surface area contributed by atoms with Crippen molar-refractivity contribution in [2.45, 2.75) is 11.8 Å². The highest BCUT2D eigenvalue weighted by atomic mass is 35.5. The Morgan fingerprint density at radius 1 is 1.57 bits per heavy atom. The molecule has 0 amide bonds. The monoisotopic (exact) mass is 233 g/mol. The number of hydrogen-bond acceptors (Lipinski definition) is 3. The maximum absolute atomic E-state index is 11.4. The molecule has 14 heavy (non-hydrogen) atoms. The molecule has 0 bridgehead atoms. The van der Waals surface area contributed by atoms with Gasteiger partial charge >= 0.3 is 5.88 Å². The largest absolute Gasteiger partial charge is 0.606 e. The van der Waals surface area contributed by atoms with Crippen LogP contribution in [0.2, 0.25) is 5.02 Å². The van der Waals surface area contributed by atoms with Crippen molar-refractivity contribution in [3.63, 3.8) is 0 Å². The van der Waals surface area contributed by atoms with Gasteiger partial charge in [-0.2, -0.15) is 0 Å². The Balaban J connectivity index is 2.95. The van der Waals surface area contributed by atoms with Crippen LogP contribution in [0.25, 0.3) is 0 Å². The van der Waals surface area contributed by atoms with Gasteiger partial charge in [-0.15, -0.1) is 0 Å². The van der Waals surface area contributed by atoms with Crippen LogP contribution in [0, 0.1) is 17.0 Å². The van der Waals surface area contributed by atoms with Gasteiger partial charge in [0.25, 0.3) is 0 Å². The lowest BCUT2D eigenvalue weighted by molar-refractivity contribution is -0.458. The van der Waals surface area contributed by atoms with Gasteiger partial charge in [-0.3, -0.25) is 10.1 Å². The Morgan fingerprint density at radius 3 is 2.79 bits per heavy atom. The summed E-state index contributed by atoms with van der Waals surface area (Å²) >= 11 is 4.17. The highest BCUT2D eigenvalue weighted by Gasteiger charge is 2.20. The second kappa shape index (κ2) is 4.63. The third-order valence-electron chi connectivity index (χ3n) is 1.69. The number of benzene rings is 1. The van der Waals surface area contributed by atoms with Gasteiger partial charge in [0.1, 0.15) is 0 Å². The lowest BCUT2D eigenvalue weighted by Crippen LogP contribution is -2.15. The topological polar surface area (TPSA) is 66.2 Å². The predicted octanol–water partition coefficient (Wildman–Crippen LogP) is 1.99. The minimum atomic E-state index is -1.62. The van der Waals surface area contributed by atoms with E-state index in [1.165, 1.54) is 0 Å². The van der Waals surface area contributed by atoms with Crippen LogP contribution in [0.15, 0.2) is 23.1 Å². The van der Waals surface area contributed by atoms with Crippen LogP contribution in [-0.2, 0) is 11.2 Å². The molecule has 1 aromatic carbocycles. The van der Waals surface area contributed by atoms with Crippen LogP contribution in [-0.4, -0.2) is 15.4 Å². The van der Waals surface area contributed by atoms with Gasteiger partial charge in [-0.25, -0.2) is 0 Å². The van der Waals surface area contributed by atoms with E-state index in [-0.39, 0.29) is 0 Å². The van der Waals surface area contributed by atoms with Crippen molar-refractivity contribution in [1.82, 2.24) is 0 Å². The van der Waals surface area contributed by atoms with Crippen LogP contribution in [0.4, 0.5) is 0 Å². The normalized spacial score (nSPS) is 12.5. The minimum absolute atomic E-state index is 0.425. The second-order valence-electron chi connectivity index (χ2n) is 2.67. The van der Waals surface area contributed by atoms with Gasteiger partial charge in [0.2, 0.25) is 0 Å². The zero-order chi connectivity index (χ0) is 10.7. The Morgan fingerprint density at radius 2 is 2.21 bits per heavy atom. The highest BCUT2D eigenvalue weighted by Crippen LogP contribution is 2.23.